The molecule has 1 amide bonds. The molecule has 0 spiro atoms. The number of nitrogens with one attached hydrogen (secondary N) is 1. The fourth-order valence-corrected chi connectivity index (χ4v) is 5.96. The molecule has 0 aromatic heterocycles. The average molecular weight is 688 g/mol. The highest BCUT2D eigenvalue weighted by molar-refractivity contribution is 5.94. The maximum Gasteiger partial charge on any atom is 0.338 e. The number of fused-ring (bicyclic) bond motifs is 1. The predicted octanol–water partition coefficient (Wildman–Crippen LogP) is 5.76. The highest BCUT2D eigenvalue weighted by Crippen LogP contribution is 2.43. The van der Waals surface area contributed by atoms with Gasteiger partial charge in [0.1, 0.15) is 30.5 Å². The van der Waals surface area contributed by atoms with Crippen molar-refractivity contribution in [2.75, 3.05) is 19.8 Å². The number of carbonyl (C=O) groups excluding carboxylic acids is 3. The van der Waals surface area contributed by atoms with Crippen molar-refractivity contribution in [3.05, 3.63) is 53.3 Å². The van der Waals surface area contributed by atoms with Crippen molar-refractivity contribution < 1.29 is 48.3 Å². The minimum atomic E-state index is -0.847. The van der Waals surface area contributed by atoms with Crippen LogP contribution in [-0.2, 0) is 33.3 Å². The van der Waals surface area contributed by atoms with Crippen molar-refractivity contribution in [3.63, 3.8) is 0 Å². The van der Waals surface area contributed by atoms with Gasteiger partial charge in [-0.2, -0.15) is 0 Å². The normalized spacial score (nSPS) is 20.7. The Balaban J connectivity index is 1.80. The largest absolute Gasteiger partial charge is 0.499 e. The topological polar surface area (TPSA) is 150 Å². The standard InChI is InChI=1S/C38H57NO10/c1-6-8-10-19-38(20-11-9-7-2)47-32-25-29(35(43)39-30(26-41)16-17-33(42)48-37(3,4)5)24-31(34(32)49-38)46-36(44)28-14-12-27(13-15-28)18-22-45-23-21-40/h12-15,18,22,25,30-32,34,40-41H,6-11,16-17,19-21,23-24,26H2,1-5H3,(H,39,43)/t30-,31+,32+,34-/m0/s1. The van der Waals surface area contributed by atoms with Crippen molar-refractivity contribution in [1.29, 1.82) is 0 Å². The summed E-state index contributed by atoms with van der Waals surface area (Å²) in [7, 11) is 0. The van der Waals surface area contributed by atoms with Crippen LogP contribution in [0.1, 0.15) is 121 Å². The number of ether oxygens (including phenoxy) is 5. The van der Waals surface area contributed by atoms with E-state index in [4.69, 9.17) is 28.8 Å². The van der Waals surface area contributed by atoms with Crippen LogP contribution in [0.4, 0.5) is 0 Å². The van der Waals surface area contributed by atoms with E-state index in [1.165, 1.54) is 6.26 Å². The summed E-state index contributed by atoms with van der Waals surface area (Å²) < 4.78 is 30.0. The Morgan fingerprint density at radius 2 is 1.69 bits per heavy atom. The van der Waals surface area contributed by atoms with Gasteiger partial charge in [0.25, 0.3) is 0 Å². The summed E-state index contributed by atoms with van der Waals surface area (Å²) in [6.45, 7) is 9.38. The third kappa shape index (κ3) is 13.2. The summed E-state index contributed by atoms with van der Waals surface area (Å²) in [6.07, 6.45) is 10.7. The molecule has 1 aromatic rings. The number of aliphatic hydroxyl groups excluding tert-OH is 2. The van der Waals surface area contributed by atoms with Gasteiger partial charge in [-0.1, -0.05) is 51.7 Å². The Bertz CT molecular complexity index is 1240. The maximum absolute atomic E-state index is 13.6. The van der Waals surface area contributed by atoms with Crippen molar-refractivity contribution >= 4 is 23.9 Å². The molecule has 1 saturated heterocycles. The van der Waals surface area contributed by atoms with Gasteiger partial charge in [-0.15, -0.1) is 0 Å². The van der Waals surface area contributed by atoms with Gasteiger partial charge < -0.3 is 39.2 Å². The van der Waals surface area contributed by atoms with Gasteiger partial charge in [-0.3, -0.25) is 9.59 Å². The number of hydrogen-bond donors (Lipinski definition) is 3. The first kappa shape index (κ1) is 40.2. The molecule has 2 aliphatic rings. The van der Waals surface area contributed by atoms with E-state index in [9.17, 15) is 19.5 Å². The third-order valence-corrected chi connectivity index (χ3v) is 8.44. The second kappa shape index (κ2) is 19.8. The van der Waals surface area contributed by atoms with Crippen LogP contribution in [0.3, 0.4) is 0 Å². The molecule has 4 atom stereocenters. The first-order valence-electron chi connectivity index (χ1n) is 17.8. The molecule has 49 heavy (non-hydrogen) atoms. The van der Waals surface area contributed by atoms with Gasteiger partial charge >= 0.3 is 11.9 Å². The number of aliphatic hydroxyl groups is 2. The van der Waals surface area contributed by atoms with Gasteiger partial charge in [0, 0.05) is 31.3 Å². The lowest BCUT2D eigenvalue weighted by Crippen LogP contribution is -2.45. The number of amides is 1. The van der Waals surface area contributed by atoms with E-state index in [2.05, 4.69) is 19.2 Å². The second-order valence-electron chi connectivity index (χ2n) is 13.8. The Morgan fingerprint density at radius 1 is 1.02 bits per heavy atom. The molecule has 11 heteroatoms. The Morgan fingerprint density at radius 3 is 2.29 bits per heavy atom. The Kier molecular flexibility index (Phi) is 16.2. The van der Waals surface area contributed by atoms with Crippen molar-refractivity contribution in [2.45, 2.75) is 141 Å². The second-order valence-corrected chi connectivity index (χ2v) is 13.8. The minimum Gasteiger partial charge on any atom is -0.499 e. The van der Waals surface area contributed by atoms with Crippen molar-refractivity contribution in [2.24, 2.45) is 0 Å². The lowest BCUT2D eigenvalue weighted by atomic mass is 9.91. The summed E-state index contributed by atoms with van der Waals surface area (Å²) in [4.78, 5) is 39.3. The van der Waals surface area contributed by atoms with Crippen LogP contribution in [0.25, 0.3) is 6.08 Å². The van der Waals surface area contributed by atoms with Crippen molar-refractivity contribution in [3.8, 4) is 0 Å². The number of benzene rings is 1. The highest BCUT2D eigenvalue weighted by atomic mass is 16.8. The summed E-state index contributed by atoms with van der Waals surface area (Å²) in [6, 6.07) is 6.14. The first-order chi connectivity index (χ1) is 23.4. The molecule has 0 radical (unpaired) electrons. The van der Waals surface area contributed by atoms with Crippen LogP contribution in [0, 0.1) is 0 Å². The molecule has 1 heterocycles. The molecule has 0 unspecified atom stereocenters. The maximum atomic E-state index is 13.6. The van der Waals surface area contributed by atoms with E-state index in [0.717, 1.165) is 44.1 Å². The van der Waals surface area contributed by atoms with Gasteiger partial charge in [0.2, 0.25) is 5.91 Å². The fourth-order valence-electron chi connectivity index (χ4n) is 5.96. The van der Waals surface area contributed by atoms with E-state index in [1.54, 1.807) is 57.2 Å². The summed E-state index contributed by atoms with van der Waals surface area (Å²) in [5.74, 6) is -2.24. The molecule has 1 aromatic carbocycles. The summed E-state index contributed by atoms with van der Waals surface area (Å²) in [5.41, 5.74) is 0.866. The lowest BCUT2D eigenvalue weighted by Gasteiger charge is -2.31. The molecule has 274 valence electrons. The number of carbonyl (C=O) groups is 3. The molecular weight excluding hydrogens is 630 g/mol. The van der Waals surface area contributed by atoms with Crippen LogP contribution in [-0.4, -0.2) is 83.6 Å². The number of unbranched alkanes of at least 4 members (excludes halogenated alkanes) is 4. The number of esters is 2. The average Bonchev–Trinajstić information content (AvgIpc) is 3.43. The van der Waals surface area contributed by atoms with Gasteiger partial charge in [-0.25, -0.2) is 4.79 Å². The minimum absolute atomic E-state index is 0.0337. The van der Waals surface area contributed by atoms with E-state index >= 15 is 0 Å². The highest BCUT2D eigenvalue weighted by Gasteiger charge is 2.52. The lowest BCUT2D eigenvalue weighted by molar-refractivity contribution is -0.190. The van der Waals surface area contributed by atoms with E-state index in [0.29, 0.717) is 24.0 Å². The van der Waals surface area contributed by atoms with Crippen LogP contribution < -0.4 is 5.32 Å². The first-order valence-corrected chi connectivity index (χ1v) is 17.8. The number of hydrogen-bond acceptors (Lipinski definition) is 10. The van der Waals surface area contributed by atoms with Crippen LogP contribution in [0.2, 0.25) is 0 Å². The quantitative estimate of drug-likeness (QED) is 0.0877. The zero-order valence-electron chi connectivity index (χ0n) is 29.9. The SMILES string of the molecule is CCCCCC1(CCCCC)O[C@@H]2[C@@H](C=C(C(=O)N[C@H](CO)CCC(=O)OC(C)(C)C)C[C@H]2OC(=O)c2ccc(C=COCCO)cc2)O1. The van der Waals surface area contributed by atoms with Crippen LogP contribution in [0.15, 0.2) is 42.2 Å². The van der Waals surface area contributed by atoms with Gasteiger partial charge in [-0.05, 0) is 69.9 Å². The Hall–Kier alpha value is -3.25. The molecular formula is C38H57NO10. The monoisotopic (exact) mass is 687 g/mol. The predicted molar refractivity (Wildman–Crippen MR) is 185 cm³/mol. The van der Waals surface area contributed by atoms with Crippen LogP contribution in [0.5, 0.6) is 0 Å². The molecule has 11 nitrogen and oxygen atoms in total. The van der Waals surface area contributed by atoms with Crippen molar-refractivity contribution in [1.82, 2.24) is 5.32 Å². The molecule has 1 fully saturated rings. The smallest absolute Gasteiger partial charge is 0.338 e. The van der Waals surface area contributed by atoms with E-state index < -0.39 is 53.6 Å². The molecule has 0 bridgehead atoms. The fraction of sp³-hybridized carbons (Fsp3) is 0.658. The Labute approximate surface area is 291 Å². The molecule has 3 N–H and O–H groups in total. The molecule has 1 aliphatic heterocycles. The molecule has 0 saturated carbocycles. The van der Waals surface area contributed by atoms with E-state index in [1.807, 2.05) is 0 Å². The summed E-state index contributed by atoms with van der Waals surface area (Å²) in [5, 5.41) is 21.7. The van der Waals surface area contributed by atoms with Gasteiger partial charge in [0.05, 0.1) is 31.1 Å². The molecule has 1 aliphatic carbocycles. The van der Waals surface area contributed by atoms with Gasteiger partial charge in [0.15, 0.2) is 5.79 Å². The van der Waals surface area contributed by atoms with E-state index in [-0.39, 0.29) is 39.1 Å². The zero-order chi connectivity index (χ0) is 35.9. The number of rotatable bonds is 20. The summed E-state index contributed by atoms with van der Waals surface area (Å²) >= 11 is 0. The molecule has 3 rings (SSSR count). The third-order valence-electron chi connectivity index (χ3n) is 8.44. The van der Waals surface area contributed by atoms with Crippen LogP contribution >= 0.6 is 0 Å². The zero-order valence-corrected chi connectivity index (χ0v) is 29.9.